The van der Waals surface area contributed by atoms with Gasteiger partial charge in [0.25, 0.3) is 0 Å². The van der Waals surface area contributed by atoms with E-state index in [0.29, 0.717) is 24.3 Å². The molecule has 1 aromatic heterocycles. The zero-order valence-electron chi connectivity index (χ0n) is 18.7. The summed E-state index contributed by atoms with van der Waals surface area (Å²) in [6.45, 7) is 5.98. The Hall–Kier alpha value is -3.08. The minimum absolute atomic E-state index is 0.00529. The van der Waals surface area contributed by atoms with Gasteiger partial charge in [0.2, 0.25) is 0 Å². The van der Waals surface area contributed by atoms with Crippen molar-refractivity contribution >= 4 is 22.5 Å². The minimum Gasteiger partial charge on any atom is -0.493 e. The van der Waals surface area contributed by atoms with E-state index in [1.807, 2.05) is 63.2 Å². The first-order valence-corrected chi connectivity index (χ1v) is 10.6. The van der Waals surface area contributed by atoms with Crippen molar-refractivity contribution in [1.29, 1.82) is 0 Å². The van der Waals surface area contributed by atoms with E-state index in [1.54, 1.807) is 14.2 Å². The Labute approximate surface area is 182 Å². The molecule has 0 spiro atoms. The van der Waals surface area contributed by atoms with Gasteiger partial charge in [-0.25, -0.2) is 0 Å². The molecule has 1 unspecified atom stereocenters. The molecule has 162 valence electrons. The number of ether oxygens (including phenoxy) is 2. The molecule has 3 aromatic rings. The predicted octanol–water partition coefficient (Wildman–Crippen LogP) is 5.20. The van der Waals surface area contributed by atoms with Crippen molar-refractivity contribution in [3.05, 3.63) is 59.3 Å². The lowest BCUT2D eigenvalue weighted by Gasteiger charge is -2.36. The van der Waals surface area contributed by atoms with Crippen LogP contribution in [0.5, 0.6) is 11.5 Å². The van der Waals surface area contributed by atoms with Crippen LogP contribution in [-0.4, -0.2) is 30.8 Å². The van der Waals surface area contributed by atoms with Crippen LogP contribution in [0.1, 0.15) is 49.4 Å². The number of aromatic amines is 1. The summed E-state index contributed by atoms with van der Waals surface area (Å²) in [6, 6.07) is 13.7. The highest BCUT2D eigenvalue weighted by Gasteiger charge is 2.45. The summed E-state index contributed by atoms with van der Waals surface area (Å²) < 4.78 is 10.9. The molecular weight excluding hydrogens is 390 g/mol. The summed E-state index contributed by atoms with van der Waals surface area (Å²) >= 11 is 0. The van der Waals surface area contributed by atoms with Crippen LogP contribution in [0.2, 0.25) is 0 Å². The number of hydrogen-bond donors (Lipinski definition) is 1. The second-order valence-corrected chi connectivity index (χ2v) is 9.23. The molecule has 1 heterocycles. The number of ketones is 2. The number of Topliss-reactive ketones (excluding diaryl/α,β-unsaturated/α-hetero) is 2. The van der Waals surface area contributed by atoms with E-state index in [4.69, 9.17) is 9.47 Å². The lowest BCUT2D eigenvalue weighted by molar-refractivity contribution is -0.140. The van der Waals surface area contributed by atoms with Crippen molar-refractivity contribution in [2.75, 3.05) is 14.2 Å². The predicted molar refractivity (Wildman–Crippen MR) is 121 cm³/mol. The van der Waals surface area contributed by atoms with Gasteiger partial charge in [-0.05, 0) is 41.7 Å². The van der Waals surface area contributed by atoms with E-state index in [2.05, 4.69) is 4.98 Å². The lowest BCUT2D eigenvalue weighted by Crippen LogP contribution is -2.41. The number of hydrogen-bond acceptors (Lipinski definition) is 4. The van der Waals surface area contributed by atoms with Crippen LogP contribution in [0.25, 0.3) is 10.9 Å². The summed E-state index contributed by atoms with van der Waals surface area (Å²) in [5.41, 5.74) is 3.52. The molecule has 1 N–H and O–H groups in total. The summed E-state index contributed by atoms with van der Waals surface area (Å²) in [5.74, 6) is 0.0918. The van der Waals surface area contributed by atoms with Crippen molar-refractivity contribution < 1.29 is 19.1 Å². The largest absolute Gasteiger partial charge is 0.493 e. The Morgan fingerprint density at radius 3 is 2.26 bits per heavy atom. The smallest absolute Gasteiger partial charge is 0.161 e. The highest BCUT2D eigenvalue weighted by Crippen LogP contribution is 2.46. The fourth-order valence-electron chi connectivity index (χ4n) is 5.05. The summed E-state index contributed by atoms with van der Waals surface area (Å²) in [4.78, 5) is 30.2. The number of para-hydroxylation sites is 1. The first-order valence-electron chi connectivity index (χ1n) is 10.6. The first-order chi connectivity index (χ1) is 14.8. The molecule has 1 saturated carbocycles. The normalized spacial score (nSPS) is 17.7. The van der Waals surface area contributed by atoms with Crippen molar-refractivity contribution in [1.82, 2.24) is 4.98 Å². The maximum atomic E-state index is 13.4. The Balaban J connectivity index is 1.95. The van der Waals surface area contributed by atoms with Crippen LogP contribution in [0.15, 0.2) is 42.5 Å². The monoisotopic (exact) mass is 419 g/mol. The number of methoxy groups -OCH3 is 2. The molecule has 5 nitrogen and oxygen atoms in total. The van der Waals surface area contributed by atoms with Gasteiger partial charge in [0.1, 0.15) is 11.6 Å². The van der Waals surface area contributed by atoms with Gasteiger partial charge in [-0.2, -0.15) is 0 Å². The molecule has 1 aliphatic carbocycles. The molecule has 4 rings (SSSR count). The topological polar surface area (TPSA) is 68.4 Å². The number of H-pyrrole nitrogens is 1. The fourth-order valence-corrected chi connectivity index (χ4v) is 5.05. The number of carbonyl (C=O) groups is 2. The number of carbonyl (C=O) groups excluding carboxylic acids is 2. The summed E-state index contributed by atoms with van der Waals surface area (Å²) in [5, 5.41) is 1.03. The SMILES string of the molecule is COc1ccc(C(c2c(C)[nH]c3ccccc23)C2C(=O)CC(C)(C)CC2=O)cc1OC. The van der Waals surface area contributed by atoms with Crippen molar-refractivity contribution in [3.63, 3.8) is 0 Å². The van der Waals surface area contributed by atoms with E-state index in [-0.39, 0.29) is 17.0 Å². The minimum atomic E-state index is -0.718. The van der Waals surface area contributed by atoms with Gasteiger partial charge in [-0.3, -0.25) is 9.59 Å². The van der Waals surface area contributed by atoms with Gasteiger partial charge in [-0.15, -0.1) is 0 Å². The third-order valence-corrected chi connectivity index (χ3v) is 6.35. The van der Waals surface area contributed by atoms with Crippen molar-refractivity contribution in [2.45, 2.75) is 39.5 Å². The van der Waals surface area contributed by atoms with Gasteiger partial charge in [0, 0.05) is 35.4 Å². The fraction of sp³-hybridized carbons (Fsp3) is 0.385. The maximum Gasteiger partial charge on any atom is 0.161 e. The quantitative estimate of drug-likeness (QED) is 0.577. The van der Waals surface area contributed by atoms with E-state index in [0.717, 1.165) is 27.7 Å². The molecule has 0 radical (unpaired) electrons. The van der Waals surface area contributed by atoms with Crippen molar-refractivity contribution in [3.8, 4) is 11.5 Å². The molecule has 2 aromatic carbocycles. The Morgan fingerprint density at radius 1 is 0.968 bits per heavy atom. The highest BCUT2D eigenvalue weighted by atomic mass is 16.5. The Morgan fingerprint density at radius 2 is 1.61 bits per heavy atom. The third kappa shape index (κ3) is 3.73. The van der Waals surface area contributed by atoms with Gasteiger partial charge >= 0.3 is 0 Å². The highest BCUT2D eigenvalue weighted by molar-refractivity contribution is 6.07. The third-order valence-electron chi connectivity index (χ3n) is 6.35. The number of nitrogens with one attached hydrogen (secondary N) is 1. The van der Waals surface area contributed by atoms with Gasteiger partial charge in [0.15, 0.2) is 11.5 Å². The molecule has 0 saturated heterocycles. The lowest BCUT2D eigenvalue weighted by atomic mass is 9.65. The van der Waals surface area contributed by atoms with Gasteiger partial charge < -0.3 is 14.5 Å². The van der Waals surface area contributed by atoms with Crippen LogP contribution in [-0.2, 0) is 9.59 Å². The molecule has 1 fully saturated rings. The number of rotatable bonds is 5. The Kier molecular flexibility index (Phi) is 5.38. The molecule has 0 amide bonds. The Bertz CT molecular complexity index is 1140. The molecule has 1 aliphatic rings. The first kappa shape index (κ1) is 21.2. The molecule has 0 aliphatic heterocycles. The number of fused-ring (bicyclic) bond motifs is 1. The second-order valence-electron chi connectivity index (χ2n) is 9.23. The average molecular weight is 420 g/mol. The number of aryl methyl sites for hydroxylation is 1. The van der Waals surface area contributed by atoms with Gasteiger partial charge in [-0.1, -0.05) is 38.1 Å². The zero-order chi connectivity index (χ0) is 22.3. The number of benzene rings is 2. The number of aromatic nitrogens is 1. The van der Waals surface area contributed by atoms with E-state index < -0.39 is 11.8 Å². The molecule has 1 atom stereocenters. The molecule has 0 bridgehead atoms. The molecule has 31 heavy (non-hydrogen) atoms. The summed E-state index contributed by atoms with van der Waals surface area (Å²) in [7, 11) is 3.18. The van der Waals surface area contributed by atoms with Gasteiger partial charge in [0.05, 0.1) is 20.1 Å². The van der Waals surface area contributed by atoms with Crippen LogP contribution < -0.4 is 9.47 Å². The van der Waals surface area contributed by atoms with Crippen LogP contribution in [0.3, 0.4) is 0 Å². The summed E-state index contributed by atoms with van der Waals surface area (Å²) in [6.07, 6.45) is 0.795. The van der Waals surface area contributed by atoms with Crippen LogP contribution in [0, 0.1) is 18.3 Å². The van der Waals surface area contributed by atoms with E-state index in [1.165, 1.54) is 0 Å². The van der Waals surface area contributed by atoms with Crippen molar-refractivity contribution in [2.24, 2.45) is 11.3 Å². The van der Waals surface area contributed by atoms with Crippen LogP contribution in [0.4, 0.5) is 0 Å². The zero-order valence-corrected chi connectivity index (χ0v) is 18.7. The average Bonchev–Trinajstić information content (AvgIpc) is 3.05. The second kappa shape index (κ2) is 7.88. The molecular formula is C26H29NO4. The standard InChI is InChI=1S/C26H29NO4/c1-15-23(17-8-6-7-9-18(17)27-15)24(16-10-11-21(30-4)22(12-16)31-5)25-19(28)13-26(2,3)14-20(25)29/h6-12,24-25,27H,13-14H2,1-5H3. The molecule has 5 heteroatoms. The van der Waals surface area contributed by atoms with E-state index >= 15 is 0 Å². The van der Waals surface area contributed by atoms with Crippen LogP contribution >= 0.6 is 0 Å². The van der Waals surface area contributed by atoms with E-state index in [9.17, 15) is 9.59 Å². The maximum absolute atomic E-state index is 13.4.